The lowest BCUT2D eigenvalue weighted by molar-refractivity contribution is -0.143. The molecule has 1 aromatic rings. The average Bonchev–Trinajstić information content (AvgIpc) is 2.93. The van der Waals surface area contributed by atoms with Crippen molar-refractivity contribution in [3.05, 3.63) is 18.0 Å². The van der Waals surface area contributed by atoms with Crippen molar-refractivity contribution in [2.24, 2.45) is 0 Å². The highest BCUT2D eigenvalue weighted by Gasteiger charge is 2.42. The third kappa shape index (κ3) is 2.76. The van der Waals surface area contributed by atoms with Crippen LogP contribution < -0.4 is 0 Å². The van der Waals surface area contributed by atoms with E-state index in [2.05, 4.69) is 5.10 Å². The maximum absolute atomic E-state index is 12.5. The molecule has 2 atom stereocenters. The number of aliphatic hydroxyl groups is 1. The normalized spacial score (nSPS) is 29.0. The lowest BCUT2D eigenvalue weighted by atomic mass is 10.00. The van der Waals surface area contributed by atoms with Crippen LogP contribution in [0.4, 0.5) is 13.2 Å². The highest BCUT2D eigenvalue weighted by atomic mass is 19.4. The van der Waals surface area contributed by atoms with Crippen LogP contribution in [-0.2, 0) is 17.5 Å². The lowest BCUT2D eigenvalue weighted by Crippen LogP contribution is -2.49. The number of aromatic nitrogens is 2. The molecule has 2 fully saturated rings. The van der Waals surface area contributed by atoms with Crippen molar-refractivity contribution in [1.29, 1.82) is 0 Å². The van der Waals surface area contributed by atoms with E-state index in [1.165, 1.54) is 6.20 Å². The number of hydrogen-bond acceptors (Lipinski definition) is 3. The molecule has 21 heavy (non-hydrogen) atoms. The molecule has 3 heterocycles. The van der Waals surface area contributed by atoms with Crippen molar-refractivity contribution in [3.63, 3.8) is 0 Å². The molecule has 3 rings (SSSR count). The Kier molecular flexibility index (Phi) is 3.43. The first-order chi connectivity index (χ1) is 9.84. The molecule has 2 aliphatic rings. The Hall–Kier alpha value is -1.57. The van der Waals surface area contributed by atoms with Gasteiger partial charge >= 0.3 is 6.18 Å². The first-order valence-corrected chi connectivity index (χ1v) is 6.94. The van der Waals surface area contributed by atoms with Crippen LogP contribution in [0.1, 0.15) is 31.4 Å². The second kappa shape index (κ2) is 5.01. The monoisotopic (exact) mass is 303 g/mol. The quantitative estimate of drug-likeness (QED) is 0.899. The minimum Gasteiger partial charge on any atom is -0.393 e. The van der Waals surface area contributed by atoms with Crippen molar-refractivity contribution in [3.8, 4) is 0 Å². The Morgan fingerprint density at radius 2 is 1.95 bits per heavy atom. The zero-order valence-electron chi connectivity index (χ0n) is 11.3. The molecule has 2 aliphatic heterocycles. The number of carbonyl (C=O) groups is 1. The highest BCUT2D eigenvalue weighted by molar-refractivity contribution is 5.77. The topological polar surface area (TPSA) is 58.4 Å². The summed E-state index contributed by atoms with van der Waals surface area (Å²) in [6.07, 6.45) is -0.914. The number of piperidine rings is 1. The van der Waals surface area contributed by atoms with Gasteiger partial charge in [-0.3, -0.25) is 9.48 Å². The van der Waals surface area contributed by atoms with Crippen LogP contribution in [0.15, 0.2) is 12.3 Å². The van der Waals surface area contributed by atoms with Gasteiger partial charge in [0.1, 0.15) is 6.54 Å². The first-order valence-electron chi connectivity index (χ1n) is 6.94. The molecule has 116 valence electrons. The summed E-state index contributed by atoms with van der Waals surface area (Å²) in [5, 5.41) is 13.1. The number of nitrogens with zero attached hydrogens (tertiary/aromatic N) is 3. The fourth-order valence-electron chi connectivity index (χ4n) is 3.38. The largest absolute Gasteiger partial charge is 0.435 e. The van der Waals surface area contributed by atoms with E-state index in [4.69, 9.17) is 0 Å². The summed E-state index contributed by atoms with van der Waals surface area (Å²) >= 11 is 0. The van der Waals surface area contributed by atoms with Gasteiger partial charge in [-0.1, -0.05) is 0 Å². The molecule has 8 heteroatoms. The molecule has 2 unspecified atom stereocenters. The third-order valence-electron chi connectivity index (χ3n) is 4.22. The molecule has 0 aliphatic carbocycles. The van der Waals surface area contributed by atoms with Crippen LogP contribution in [0.25, 0.3) is 0 Å². The van der Waals surface area contributed by atoms with Gasteiger partial charge in [-0.2, -0.15) is 18.3 Å². The number of alkyl halides is 3. The van der Waals surface area contributed by atoms with E-state index >= 15 is 0 Å². The molecule has 1 aromatic heterocycles. The maximum Gasteiger partial charge on any atom is 0.435 e. The maximum atomic E-state index is 12.5. The first kappa shape index (κ1) is 14.4. The van der Waals surface area contributed by atoms with Crippen molar-refractivity contribution in [1.82, 2.24) is 14.7 Å². The van der Waals surface area contributed by atoms with Gasteiger partial charge in [-0.25, -0.2) is 0 Å². The van der Waals surface area contributed by atoms with Crippen LogP contribution in [-0.4, -0.2) is 43.9 Å². The van der Waals surface area contributed by atoms with Crippen molar-refractivity contribution < 1.29 is 23.1 Å². The summed E-state index contributed by atoms with van der Waals surface area (Å²) in [6, 6.07) is 0.870. The van der Waals surface area contributed by atoms with Gasteiger partial charge in [0.15, 0.2) is 5.69 Å². The van der Waals surface area contributed by atoms with Gasteiger partial charge in [-0.05, 0) is 31.7 Å². The molecule has 0 aromatic carbocycles. The number of halogens is 3. The van der Waals surface area contributed by atoms with Gasteiger partial charge in [0.05, 0.1) is 6.10 Å². The minimum atomic E-state index is -4.50. The molecule has 0 saturated carbocycles. The molecular weight excluding hydrogens is 287 g/mol. The lowest BCUT2D eigenvalue weighted by Gasteiger charge is -2.37. The summed E-state index contributed by atoms with van der Waals surface area (Å²) in [5.41, 5.74) is -0.993. The van der Waals surface area contributed by atoms with Crippen molar-refractivity contribution in [2.45, 2.75) is 56.6 Å². The number of fused-ring (bicyclic) bond motifs is 2. The SMILES string of the molecule is O=C(Cn1ccc(C(F)(F)F)n1)N1C2CCC1CC(O)C2. The van der Waals surface area contributed by atoms with Crippen LogP contribution in [0, 0.1) is 0 Å². The highest BCUT2D eigenvalue weighted by Crippen LogP contribution is 2.36. The standard InChI is InChI=1S/C13H16F3N3O2/c14-13(15,16)11-3-4-18(17-11)7-12(21)19-8-1-2-9(19)6-10(20)5-8/h3-4,8-10,20H,1-2,5-7H2. The van der Waals surface area contributed by atoms with Crippen LogP contribution in [0.3, 0.4) is 0 Å². The molecule has 0 radical (unpaired) electrons. The number of amides is 1. The zero-order valence-corrected chi connectivity index (χ0v) is 11.3. The van der Waals surface area contributed by atoms with Gasteiger partial charge in [-0.15, -0.1) is 0 Å². The number of aliphatic hydroxyl groups excluding tert-OH is 1. The van der Waals surface area contributed by atoms with Crippen LogP contribution in [0.2, 0.25) is 0 Å². The average molecular weight is 303 g/mol. The summed E-state index contributed by atoms with van der Waals surface area (Å²) in [5.74, 6) is -0.230. The predicted molar refractivity (Wildman–Crippen MR) is 66.1 cm³/mol. The second-order valence-electron chi connectivity index (χ2n) is 5.71. The van der Waals surface area contributed by atoms with E-state index in [0.29, 0.717) is 12.8 Å². The Morgan fingerprint density at radius 3 is 2.48 bits per heavy atom. The smallest absolute Gasteiger partial charge is 0.393 e. The number of hydrogen-bond donors (Lipinski definition) is 1. The van der Waals surface area contributed by atoms with Crippen molar-refractivity contribution >= 4 is 5.91 Å². The molecule has 2 bridgehead atoms. The fourth-order valence-corrected chi connectivity index (χ4v) is 3.38. The number of rotatable bonds is 2. The fraction of sp³-hybridized carbons (Fsp3) is 0.692. The van der Waals surface area contributed by atoms with E-state index in [1.54, 1.807) is 4.90 Å². The van der Waals surface area contributed by atoms with E-state index in [-0.39, 0.29) is 30.6 Å². The van der Waals surface area contributed by atoms with Gasteiger partial charge in [0.25, 0.3) is 0 Å². The summed E-state index contributed by atoms with van der Waals surface area (Å²) in [6.45, 7) is -0.195. The van der Waals surface area contributed by atoms with Gasteiger partial charge in [0, 0.05) is 18.3 Å². The molecule has 5 nitrogen and oxygen atoms in total. The second-order valence-corrected chi connectivity index (χ2v) is 5.71. The Labute approximate surface area is 119 Å². The Bertz CT molecular complexity index is 529. The predicted octanol–water partition coefficient (Wildman–Crippen LogP) is 1.42. The molecule has 2 saturated heterocycles. The van der Waals surface area contributed by atoms with E-state index in [0.717, 1.165) is 23.6 Å². The van der Waals surface area contributed by atoms with Crippen LogP contribution in [0.5, 0.6) is 0 Å². The van der Waals surface area contributed by atoms with Gasteiger partial charge in [0.2, 0.25) is 5.91 Å². The van der Waals surface area contributed by atoms with Crippen LogP contribution >= 0.6 is 0 Å². The molecule has 1 N–H and O–H groups in total. The Morgan fingerprint density at radius 1 is 1.33 bits per heavy atom. The number of carbonyl (C=O) groups excluding carboxylic acids is 1. The summed E-state index contributed by atoms with van der Waals surface area (Å²) in [4.78, 5) is 14.0. The molecule has 1 amide bonds. The van der Waals surface area contributed by atoms with Gasteiger partial charge < -0.3 is 10.0 Å². The third-order valence-corrected chi connectivity index (χ3v) is 4.22. The molecule has 0 spiro atoms. The summed E-state index contributed by atoms with van der Waals surface area (Å²) < 4.78 is 38.4. The zero-order chi connectivity index (χ0) is 15.2. The van der Waals surface area contributed by atoms with E-state index < -0.39 is 11.9 Å². The molecular formula is C13H16F3N3O2. The summed E-state index contributed by atoms with van der Waals surface area (Å²) in [7, 11) is 0. The Balaban J connectivity index is 1.68. The van der Waals surface area contributed by atoms with E-state index in [9.17, 15) is 23.1 Å². The minimum absolute atomic E-state index is 0.00361. The van der Waals surface area contributed by atoms with E-state index in [1.807, 2.05) is 0 Å². The van der Waals surface area contributed by atoms with Crippen molar-refractivity contribution in [2.75, 3.05) is 0 Å².